The Bertz CT molecular complexity index is 784. The van der Waals surface area contributed by atoms with Crippen LogP contribution in [0, 0.1) is 5.41 Å². The lowest BCUT2D eigenvalue weighted by Gasteiger charge is -2.39. The second-order valence-electron chi connectivity index (χ2n) is 10.3. The molecule has 1 fully saturated rings. The molecule has 7 heteroatoms. The number of rotatable bonds is 1. The summed E-state index contributed by atoms with van der Waals surface area (Å²) in [4.78, 5) is 30.8. The minimum atomic E-state index is -0.549. The van der Waals surface area contributed by atoms with Crippen LogP contribution in [-0.2, 0) is 22.3 Å². The van der Waals surface area contributed by atoms with Crippen LogP contribution in [0.25, 0.3) is 0 Å². The highest BCUT2D eigenvalue weighted by molar-refractivity contribution is 5.83. The molecule has 3 rings (SSSR count). The van der Waals surface area contributed by atoms with Gasteiger partial charge < -0.3 is 14.4 Å². The predicted molar refractivity (Wildman–Crippen MR) is 111 cm³/mol. The molecular weight excluding hydrogens is 370 g/mol. The molecule has 2 heterocycles. The van der Waals surface area contributed by atoms with Gasteiger partial charge in [0.15, 0.2) is 0 Å². The zero-order valence-electron chi connectivity index (χ0n) is 18.4. The maximum absolute atomic E-state index is 12.3. The highest BCUT2D eigenvalue weighted by Gasteiger charge is 2.42. The molecule has 1 N–H and O–H groups in total. The standard InChI is InChI=1S/C22H33N3O4/c1-20(2,3)28-18(26)24-17-8-7-15-13-22(14-16(15)23-17)9-11-25(12-10-22)19(27)29-21(4,5)6/h7-8H,9-14H2,1-6H3,(H,23,24,26). The quantitative estimate of drug-likeness (QED) is 0.744. The zero-order chi connectivity index (χ0) is 21.4. The van der Waals surface area contributed by atoms with Crippen LogP contribution in [0.1, 0.15) is 65.6 Å². The summed E-state index contributed by atoms with van der Waals surface area (Å²) in [6, 6.07) is 3.88. The van der Waals surface area contributed by atoms with E-state index in [9.17, 15) is 9.59 Å². The van der Waals surface area contributed by atoms with Crippen molar-refractivity contribution < 1.29 is 19.1 Å². The van der Waals surface area contributed by atoms with Crippen LogP contribution in [0.3, 0.4) is 0 Å². The van der Waals surface area contributed by atoms with E-state index in [1.807, 2.05) is 58.6 Å². The Kier molecular flexibility index (Phi) is 5.54. The van der Waals surface area contributed by atoms with E-state index < -0.39 is 17.3 Å². The van der Waals surface area contributed by atoms with Crippen LogP contribution < -0.4 is 5.32 Å². The molecule has 0 atom stereocenters. The number of aromatic nitrogens is 1. The molecule has 29 heavy (non-hydrogen) atoms. The number of pyridine rings is 1. The van der Waals surface area contributed by atoms with E-state index in [1.165, 1.54) is 5.56 Å². The fourth-order valence-electron chi connectivity index (χ4n) is 3.99. The first-order valence-corrected chi connectivity index (χ1v) is 10.3. The molecular formula is C22H33N3O4. The first kappa shape index (κ1) is 21.4. The van der Waals surface area contributed by atoms with Crippen molar-refractivity contribution in [1.29, 1.82) is 0 Å². The molecule has 2 aliphatic rings. The molecule has 0 radical (unpaired) electrons. The third-order valence-corrected chi connectivity index (χ3v) is 5.28. The smallest absolute Gasteiger partial charge is 0.413 e. The van der Waals surface area contributed by atoms with E-state index in [0.717, 1.165) is 31.4 Å². The van der Waals surface area contributed by atoms with E-state index in [1.54, 1.807) is 0 Å². The summed E-state index contributed by atoms with van der Waals surface area (Å²) in [5.74, 6) is 0.515. The van der Waals surface area contributed by atoms with Gasteiger partial charge >= 0.3 is 12.2 Å². The van der Waals surface area contributed by atoms with Crippen LogP contribution in [0.15, 0.2) is 12.1 Å². The van der Waals surface area contributed by atoms with E-state index in [-0.39, 0.29) is 11.5 Å². The number of carbonyl (C=O) groups is 2. The monoisotopic (exact) mass is 403 g/mol. The maximum Gasteiger partial charge on any atom is 0.413 e. The van der Waals surface area contributed by atoms with Crippen LogP contribution >= 0.6 is 0 Å². The Morgan fingerprint density at radius 2 is 1.62 bits per heavy atom. The summed E-state index contributed by atoms with van der Waals surface area (Å²) in [5.41, 5.74) is 1.37. The van der Waals surface area contributed by atoms with Gasteiger partial charge in [-0.05, 0) is 84.3 Å². The first-order chi connectivity index (χ1) is 13.3. The Hall–Kier alpha value is -2.31. The van der Waals surface area contributed by atoms with Gasteiger partial charge in [0.1, 0.15) is 17.0 Å². The number of nitrogens with zero attached hydrogens (tertiary/aromatic N) is 2. The Labute approximate surface area is 173 Å². The van der Waals surface area contributed by atoms with Crippen LogP contribution in [0.2, 0.25) is 0 Å². The topological polar surface area (TPSA) is 80.8 Å². The average molecular weight is 404 g/mol. The van der Waals surface area contributed by atoms with Gasteiger partial charge in [-0.3, -0.25) is 5.32 Å². The Morgan fingerprint density at radius 1 is 1.00 bits per heavy atom. The molecule has 1 saturated heterocycles. The normalized spacial score (nSPS) is 18.3. The lowest BCUT2D eigenvalue weighted by Crippen LogP contribution is -2.45. The average Bonchev–Trinajstić information content (AvgIpc) is 2.88. The van der Waals surface area contributed by atoms with Crippen molar-refractivity contribution in [1.82, 2.24) is 9.88 Å². The van der Waals surface area contributed by atoms with Gasteiger partial charge in [0, 0.05) is 18.8 Å². The summed E-state index contributed by atoms with van der Waals surface area (Å²) in [6.45, 7) is 12.6. The van der Waals surface area contributed by atoms with Gasteiger partial charge in [0.2, 0.25) is 0 Å². The third kappa shape index (κ3) is 5.61. The van der Waals surface area contributed by atoms with Crippen LogP contribution in [-0.4, -0.2) is 46.4 Å². The van der Waals surface area contributed by atoms with E-state index in [4.69, 9.17) is 9.47 Å². The number of nitrogens with one attached hydrogen (secondary N) is 1. The van der Waals surface area contributed by atoms with Crippen molar-refractivity contribution in [3.63, 3.8) is 0 Å². The summed E-state index contributed by atoms with van der Waals surface area (Å²) in [5, 5.41) is 2.72. The van der Waals surface area contributed by atoms with Gasteiger partial charge in [0.05, 0.1) is 0 Å². The molecule has 0 aromatic carbocycles. The number of ether oxygens (including phenoxy) is 2. The summed E-state index contributed by atoms with van der Waals surface area (Å²) in [6.07, 6.45) is 2.96. The number of likely N-dealkylation sites (tertiary alicyclic amines) is 1. The highest BCUT2D eigenvalue weighted by atomic mass is 16.6. The summed E-state index contributed by atoms with van der Waals surface area (Å²) >= 11 is 0. The van der Waals surface area contributed by atoms with E-state index in [0.29, 0.717) is 18.9 Å². The molecule has 1 aliphatic heterocycles. The Balaban J connectivity index is 1.59. The predicted octanol–water partition coefficient (Wildman–Crippen LogP) is 4.54. The lowest BCUT2D eigenvalue weighted by molar-refractivity contribution is 0.0110. The number of fused-ring (bicyclic) bond motifs is 1. The van der Waals surface area contributed by atoms with Gasteiger partial charge in [-0.15, -0.1) is 0 Å². The second kappa shape index (κ2) is 7.50. The fourth-order valence-corrected chi connectivity index (χ4v) is 3.99. The van der Waals surface area contributed by atoms with Crippen molar-refractivity contribution in [2.24, 2.45) is 5.41 Å². The number of hydrogen-bond acceptors (Lipinski definition) is 5. The second-order valence-corrected chi connectivity index (χ2v) is 10.3. The van der Waals surface area contributed by atoms with Gasteiger partial charge in [-0.2, -0.15) is 0 Å². The maximum atomic E-state index is 12.3. The van der Waals surface area contributed by atoms with Gasteiger partial charge in [-0.25, -0.2) is 14.6 Å². The molecule has 1 spiro atoms. The van der Waals surface area contributed by atoms with Gasteiger partial charge in [-0.1, -0.05) is 6.07 Å². The number of piperidine rings is 1. The van der Waals surface area contributed by atoms with Crippen molar-refractivity contribution in [2.45, 2.75) is 78.4 Å². The Morgan fingerprint density at radius 3 is 2.21 bits per heavy atom. The van der Waals surface area contributed by atoms with E-state index >= 15 is 0 Å². The molecule has 1 aromatic rings. The molecule has 0 bridgehead atoms. The molecule has 0 saturated carbocycles. The van der Waals surface area contributed by atoms with Crippen molar-refractivity contribution in [2.75, 3.05) is 18.4 Å². The molecule has 7 nitrogen and oxygen atoms in total. The SMILES string of the molecule is CC(C)(C)OC(=O)Nc1ccc2c(n1)CC1(CCN(C(=O)OC(C)(C)C)CC1)C2. The highest BCUT2D eigenvalue weighted by Crippen LogP contribution is 2.44. The largest absolute Gasteiger partial charge is 0.444 e. The first-order valence-electron chi connectivity index (χ1n) is 10.3. The molecule has 2 amide bonds. The van der Waals surface area contributed by atoms with Crippen molar-refractivity contribution in [3.8, 4) is 0 Å². The van der Waals surface area contributed by atoms with Crippen molar-refractivity contribution >= 4 is 18.0 Å². The molecule has 0 unspecified atom stereocenters. The van der Waals surface area contributed by atoms with Gasteiger partial charge in [0.25, 0.3) is 0 Å². The molecule has 1 aromatic heterocycles. The third-order valence-electron chi connectivity index (χ3n) is 5.28. The van der Waals surface area contributed by atoms with Crippen molar-refractivity contribution in [3.05, 3.63) is 23.4 Å². The number of hydrogen-bond donors (Lipinski definition) is 1. The minimum Gasteiger partial charge on any atom is -0.444 e. The van der Waals surface area contributed by atoms with Crippen LogP contribution in [0.5, 0.6) is 0 Å². The van der Waals surface area contributed by atoms with E-state index in [2.05, 4.69) is 10.3 Å². The minimum absolute atomic E-state index is 0.137. The molecule has 1 aliphatic carbocycles. The number of amides is 2. The zero-order valence-corrected chi connectivity index (χ0v) is 18.4. The summed E-state index contributed by atoms with van der Waals surface area (Å²) in [7, 11) is 0. The number of carbonyl (C=O) groups excluding carboxylic acids is 2. The van der Waals surface area contributed by atoms with Crippen LogP contribution in [0.4, 0.5) is 15.4 Å². The number of anilines is 1. The summed E-state index contributed by atoms with van der Waals surface area (Å²) < 4.78 is 10.8. The molecule has 160 valence electrons. The fraction of sp³-hybridized carbons (Fsp3) is 0.682. The lowest BCUT2D eigenvalue weighted by atomic mass is 9.76.